The van der Waals surface area contributed by atoms with Gasteiger partial charge in [0, 0.05) is 62.2 Å². The van der Waals surface area contributed by atoms with Crippen LogP contribution in [-0.4, -0.2) is 62.1 Å². The van der Waals surface area contributed by atoms with Gasteiger partial charge in [0.1, 0.15) is 22.4 Å². The van der Waals surface area contributed by atoms with Gasteiger partial charge in [-0.05, 0) is 57.2 Å². The molecule has 0 aromatic carbocycles. The number of thiazole rings is 1. The van der Waals surface area contributed by atoms with E-state index in [-0.39, 0.29) is 0 Å². The monoisotopic (exact) mass is 473 g/mol. The summed E-state index contributed by atoms with van der Waals surface area (Å²) in [5, 5.41) is 1.11. The molecule has 6 rings (SSSR count). The van der Waals surface area contributed by atoms with Gasteiger partial charge >= 0.3 is 0 Å². The third-order valence-electron chi connectivity index (χ3n) is 7.35. The Morgan fingerprint density at radius 1 is 0.971 bits per heavy atom. The van der Waals surface area contributed by atoms with Gasteiger partial charge in [0.2, 0.25) is 0 Å². The summed E-state index contributed by atoms with van der Waals surface area (Å²) in [6, 6.07) is 4.24. The Morgan fingerprint density at radius 2 is 1.79 bits per heavy atom. The van der Waals surface area contributed by atoms with Crippen molar-refractivity contribution in [1.29, 1.82) is 0 Å². The van der Waals surface area contributed by atoms with Crippen molar-refractivity contribution in [2.24, 2.45) is 0 Å². The van der Waals surface area contributed by atoms with Gasteiger partial charge in [-0.15, -0.1) is 11.3 Å². The van der Waals surface area contributed by atoms with Crippen LogP contribution in [0.5, 0.6) is 0 Å². The predicted molar refractivity (Wildman–Crippen MR) is 138 cm³/mol. The van der Waals surface area contributed by atoms with Gasteiger partial charge in [-0.1, -0.05) is 0 Å². The van der Waals surface area contributed by atoms with Crippen LogP contribution in [-0.2, 0) is 19.4 Å². The summed E-state index contributed by atoms with van der Waals surface area (Å²) >= 11 is 1.80. The lowest BCUT2D eigenvalue weighted by atomic mass is 10.1. The smallest absolute Gasteiger partial charge is 0.156 e. The minimum absolute atomic E-state index is 0.994. The fourth-order valence-electron chi connectivity index (χ4n) is 5.33. The number of fused-ring (bicyclic) bond motifs is 3. The highest BCUT2D eigenvalue weighted by atomic mass is 32.1. The molecule has 1 fully saturated rings. The Morgan fingerprint density at radius 3 is 2.56 bits per heavy atom. The van der Waals surface area contributed by atoms with E-state index in [2.05, 4.69) is 45.3 Å². The van der Waals surface area contributed by atoms with Gasteiger partial charge in [0.05, 0.1) is 11.3 Å². The second-order valence-electron chi connectivity index (χ2n) is 9.42. The van der Waals surface area contributed by atoms with E-state index in [1.54, 1.807) is 17.7 Å². The van der Waals surface area contributed by atoms with Crippen LogP contribution >= 0.6 is 11.3 Å². The molecule has 8 heteroatoms. The van der Waals surface area contributed by atoms with Crippen LogP contribution in [0.2, 0.25) is 0 Å². The summed E-state index contributed by atoms with van der Waals surface area (Å²) in [6.45, 7) is 10.5. The summed E-state index contributed by atoms with van der Waals surface area (Å²) in [7, 11) is 0. The van der Waals surface area contributed by atoms with Crippen LogP contribution in [0.4, 0.5) is 5.82 Å². The van der Waals surface area contributed by atoms with Crippen molar-refractivity contribution in [2.75, 3.05) is 37.6 Å². The van der Waals surface area contributed by atoms with E-state index in [1.165, 1.54) is 40.1 Å². The molecule has 1 saturated heterocycles. The van der Waals surface area contributed by atoms with Crippen LogP contribution in [0, 0.1) is 13.8 Å². The molecule has 2 aliphatic rings. The lowest BCUT2D eigenvalue weighted by molar-refractivity contribution is 0.260. The average Bonchev–Trinajstić information content (AvgIpc) is 3.39. The number of rotatable bonds is 5. The molecular formula is C26H31N7S. The summed E-state index contributed by atoms with van der Waals surface area (Å²) in [6.07, 6.45) is 10.1. The quantitative estimate of drug-likeness (QED) is 0.431. The second-order valence-corrected chi connectivity index (χ2v) is 10.6. The molecule has 0 saturated carbocycles. The Kier molecular flexibility index (Phi) is 5.79. The van der Waals surface area contributed by atoms with E-state index in [0.717, 1.165) is 74.1 Å². The number of nitrogens with zero attached hydrogens (tertiary/aromatic N) is 7. The van der Waals surface area contributed by atoms with Crippen molar-refractivity contribution in [3.05, 3.63) is 52.7 Å². The topological polar surface area (TPSA) is 63.0 Å². The number of pyridine rings is 1. The zero-order chi connectivity index (χ0) is 23.1. The van der Waals surface area contributed by atoms with Gasteiger partial charge in [-0.25, -0.2) is 15.0 Å². The van der Waals surface area contributed by atoms with Crippen LogP contribution in [0.3, 0.4) is 0 Å². The minimum Gasteiger partial charge on any atom is -0.352 e. The molecule has 0 bridgehead atoms. The second kappa shape index (κ2) is 9.07. The number of aryl methyl sites for hydroxylation is 3. The Bertz CT molecular complexity index is 1280. The first kappa shape index (κ1) is 21.7. The van der Waals surface area contributed by atoms with Gasteiger partial charge in [-0.2, -0.15) is 0 Å². The van der Waals surface area contributed by atoms with E-state index in [9.17, 15) is 0 Å². The van der Waals surface area contributed by atoms with Crippen LogP contribution in [0.1, 0.15) is 34.7 Å². The maximum atomic E-state index is 4.93. The zero-order valence-corrected chi connectivity index (χ0v) is 20.8. The molecule has 0 unspecified atom stereocenters. The van der Waals surface area contributed by atoms with Gasteiger partial charge < -0.3 is 9.47 Å². The normalized spacial score (nSPS) is 16.8. The van der Waals surface area contributed by atoms with E-state index in [1.807, 2.05) is 12.4 Å². The highest BCUT2D eigenvalue weighted by Crippen LogP contribution is 2.41. The van der Waals surface area contributed by atoms with Gasteiger partial charge in [-0.3, -0.25) is 9.88 Å². The van der Waals surface area contributed by atoms with E-state index in [4.69, 9.17) is 15.0 Å². The van der Waals surface area contributed by atoms with Crippen molar-refractivity contribution in [1.82, 2.24) is 29.4 Å². The first-order chi connectivity index (χ1) is 16.7. The Labute approximate surface area is 204 Å². The Balaban J connectivity index is 1.29. The van der Waals surface area contributed by atoms with E-state index >= 15 is 0 Å². The fourth-order valence-corrected chi connectivity index (χ4v) is 6.31. The molecule has 7 nitrogen and oxygen atoms in total. The molecule has 0 atom stereocenters. The molecule has 4 aromatic heterocycles. The minimum atomic E-state index is 0.994. The molecule has 176 valence electrons. The summed E-state index contributed by atoms with van der Waals surface area (Å²) in [5.41, 5.74) is 7.41. The van der Waals surface area contributed by atoms with E-state index in [0.29, 0.717) is 0 Å². The van der Waals surface area contributed by atoms with Crippen molar-refractivity contribution in [3.8, 4) is 10.6 Å². The zero-order valence-electron chi connectivity index (χ0n) is 20.0. The van der Waals surface area contributed by atoms with Crippen molar-refractivity contribution >= 4 is 28.2 Å². The molecule has 6 heterocycles. The summed E-state index contributed by atoms with van der Waals surface area (Å²) in [4.78, 5) is 25.0. The maximum absolute atomic E-state index is 4.93. The van der Waals surface area contributed by atoms with E-state index < -0.39 is 0 Å². The number of anilines is 1. The van der Waals surface area contributed by atoms with Gasteiger partial charge in [0.25, 0.3) is 0 Å². The van der Waals surface area contributed by atoms with Crippen LogP contribution in [0.25, 0.3) is 21.6 Å². The lowest BCUT2D eigenvalue weighted by Crippen LogP contribution is -2.47. The highest BCUT2D eigenvalue weighted by Gasteiger charge is 2.29. The molecule has 4 aromatic rings. The highest BCUT2D eigenvalue weighted by molar-refractivity contribution is 7.15. The molecule has 0 N–H and O–H groups in total. The SMILES string of the molecule is Cc1nc(-c2c3n(c4c(N5CCN(CCc6ccncc6)CC5)ncnc24)CCCC3)sc1C. The molecule has 0 radical (unpaired) electrons. The van der Waals surface area contributed by atoms with Crippen LogP contribution in [0.15, 0.2) is 30.9 Å². The molecule has 34 heavy (non-hydrogen) atoms. The first-order valence-electron chi connectivity index (χ1n) is 12.4. The van der Waals surface area contributed by atoms with Crippen molar-refractivity contribution in [3.63, 3.8) is 0 Å². The number of piperazine rings is 1. The number of hydrogen-bond donors (Lipinski definition) is 0. The molecule has 0 aliphatic carbocycles. The summed E-state index contributed by atoms with van der Waals surface area (Å²) in [5.74, 6) is 1.10. The lowest BCUT2D eigenvalue weighted by Gasteiger charge is -2.35. The maximum Gasteiger partial charge on any atom is 0.156 e. The summed E-state index contributed by atoms with van der Waals surface area (Å²) < 4.78 is 2.51. The van der Waals surface area contributed by atoms with Crippen molar-refractivity contribution < 1.29 is 0 Å². The number of hydrogen-bond acceptors (Lipinski definition) is 7. The van der Waals surface area contributed by atoms with Crippen molar-refractivity contribution in [2.45, 2.75) is 46.1 Å². The third-order valence-corrected chi connectivity index (χ3v) is 8.44. The average molecular weight is 474 g/mol. The fraction of sp³-hybridized carbons (Fsp3) is 0.462. The molecular weight excluding hydrogens is 442 g/mol. The largest absolute Gasteiger partial charge is 0.352 e. The van der Waals surface area contributed by atoms with Gasteiger partial charge in [0.15, 0.2) is 5.82 Å². The molecule has 0 amide bonds. The first-order valence-corrected chi connectivity index (χ1v) is 13.2. The predicted octanol–water partition coefficient (Wildman–Crippen LogP) is 4.27. The number of aromatic nitrogens is 5. The third kappa shape index (κ3) is 3.88. The Hall–Kier alpha value is -2.84. The standard InChI is InChI=1S/C26H31N7S/c1-18-19(2)34-26(30-18)22-21-5-3-4-11-33(21)24-23(22)28-17-29-25(24)32-15-13-31(14-16-32)12-8-20-6-9-27-10-7-20/h6-7,9-10,17H,3-5,8,11-16H2,1-2H3. The molecule has 0 spiro atoms. The van der Waals surface area contributed by atoms with Crippen LogP contribution < -0.4 is 4.90 Å². The molecule has 2 aliphatic heterocycles.